The van der Waals surface area contributed by atoms with Crippen LogP contribution in [0, 0.1) is 11.8 Å². The Bertz CT molecular complexity index is 622. The zero-order valence-electron chi connectivity index (χ0n) is 11.7. The van der Waals surface area contributed by atoms with Gasteiger partial charge in [-0.1, -0.05) is 24.3 Å². The first-order valence-corrected chi connectivity index (χ1v) is 7.51. The van der Waals surface area contributed by atoms with Crippen LogP contribution in [0.15, 0.2) is 42.0 Å². The molecular formula is C17H17NO3. The molecule has 3 atom stereocenters. The number of allylic oxidation sites excluding steroid dienone is 1. The van der Waals surface area contributed by atoms with Gasteiger partial charge < -0.3 is 4.74 Å². The van der Waals surface area contributed by atoms with Gasteiger partial charge >= 0.3 is 0 Å². The van der Waals surface area contributed by atoms with Gasteiger partial charge in [-0.2, -0.15) is 0 Å². The monoisotopic (exact) mass is 283 g/mol. The zero-order chi connectivity index (χ0) is 14.4. The quantitative estimate of drug-likeness (QED) is 0.587. The lowest BCUT2D eigenvalue weighted by Crippen LogP contribution is -2.40. The van der Waals surface area contributed by atoms with E-state index in [0.717, 1.165) is 12.8 Å². The van der Waals surface area contributed by atoms with Crippen LogP contribution >= 0.6 is 0 Å². The van der Waals surface area contributed by atoms with Gasteiger partial charge in [-0.15, -0.1) is 0 Å². The molecule has 0 bridgehead atoms. The average molecular weight is 283 g/mol. The van der Waals surface area contributed by atoms with Crippen LogP contribution in [0.1, 0.15) is 19.3 Å². The van der Waals surface area contributed by atoms with Crippen molar-refractivity contribution in [3.05, 3.63) is 42.0 Å². The van der Waals surface area contributed by atoms with Crippen LogP contribution in [0.2, 0.25) is 0 Å². The summed E-state index contributed by atoms with van der Waals surface area (Å²) in [6.45, 7) is 0.679. The lowest BCUT2D eigenvalue weighted by molar-refractivity contribution is -0.126. The minimum absolute atomic E-state index is 0.0827. The Hall–Kier alpha value is -1.94. The van der Waals surface area contributed by atoms with E-state index in [1.165, 1.54) is 10.5 Å². The highest BCUT2D eigenvalue weighted by molar-refractivity contribution is 6.22. The predicted molar refractivity (Wildman–Crippen MR) is 77.6 cm³/mol. The number of para-hydroxylation sites is 1. The van der Waals surface area contributed by atoms with Crippen LogP contribution in [0.25, 0.3) is 0 Å². The summed E-state index contributed by atoms with van der Waals surface area (Å²) < 4.78 is 5.83. The maximum absolute atomic E-state index is 12.8. The van der Waals surface area contributed by atoms with Crippen molar-refractivity contribution in [1.82, 2.24) is 0 Å². The van der Waals surface area contributed by atoms with Crippen LogP contribution in [-0.2, 0) is 14.3 Å². The molecule has 2 saturated heterocycles. The lowest BCUT2D eigenvalue weighted by Gasteiger charge is -2.34. The summed E-state index contributed by atoms with van der Waals surface area (Å²) in [5, 5.41) is 0. The van der Waals surface area contributed by atoms with Crippen molar-refractivity contribution >= 4 is 17.5 Å². The molecule has 0 saturated carbocycles. The molecule has 0 spiro atoms. The molecule has 2 amide bonds. The van der Waals surface area contributed by atoms with Gasteiger partial charge in [0.1, 0.15) is 0 Å². The number of ether oxygens (including phenoxy) is 1. The largest absolute Gasteiger partial charge is 0.373 e. The second-order valence-corrected chi connectivity index (χ2v) is 5.89. The molecule has 0 radical (unpaired) electrons. The maximum atomic E-state index is 12.8. The van der Waals surface area contributed by atoms with E-state index in [9.17, 15) is 9.59 Å². The Kier molecular flexibility index (Phi) is 2.93. The molecule has 0 N–H and O–H groups in total. The van der Waals surface area contributed by atoms with Crippen LogP contribution < -0.4 is 4.90 Å². The van der Waals surface area contributed by atoms with Crippen molar-refractivity contribution in [2.75, 3.05) is 11.5 Å². The summed E-state index contributed by atoms with van der Waals surface area (Å²) >= 11 is 0. The fourth-order valence-corrected chi connectivity index (χ4v) is 3.74. The Balaban J connectivity index is 1.71. The van der Waals surface area contributed by atoms with E-state index in [0.29, 0.717) is 18.7 Å². The highest BCUT2D eigenvalue weighted by atomic mass is 16.5. The number of carbonyl (C=O) groups is 2. The summed E-state index contributed by atoms with van der Waals surface area (Å²) in [4.78, 5) is 26.8. The van der Waals surface area contributed by atoms with Gasteiger partial charge in [0.2, 0.25) is 11.8 Å². The molecule has 1 aromatic rings. The van der Waals surface area contributed by atoms with Crippen molar-refractivity contribution in [1.29, 1.82) is 0 Å². The van der Waals surface area contributed by atoms with Gasteiger partial charge in [0.15, 0.2) is 0 Å². The highest BCUT2D eigenvalue weighted by Crippen LogP contribution is 2.43. The molecular weight excluding hydrogens is 266 g/mol. The first-order valence-electron chi connectivity index (χ1n) is 7.51. The molecule has 21 heavy (non-hydrogen) atoms. The predicted octanol–water partition coefficient (Wildman–Crippen LogP) is 2.30. The Morgan fingerprint density at radius 2 is 1.90 bits per heavy atom. The van der Waals surface area contributed by atoms with Crippen molar-refractivity contribution in [2.45, 2.75) is 25.4 Å². The SMILES string of the molecule is O=C1[C@H]2[C@H](CC=C3CCCO[C@H]32)C(=O)N1c1ccccc1. The van der Waals surface area contributed by atoms with Crippen LogP contribution in [-0.4, -0.2) is 24.5 Å². The minimum Gasteiger partial charge on any atom is -0.373 e. The third-order valence-corrected chi connectivity index (χ3v) is 4.72. The first-order chi connectivity index (χ1) is 10.3. The number of carbonyl (C=O) groups excluding carboxylic acids is 2. The van der Waals surface area contributed by atoms with Crippen LogP contribution in [0.3, 0.4) is 0 Å². The lowest BCUT2D eigenvalue weighted by atomic mass is 9.77. The minimum atomic E-state index is -0.335. The normalized spacial score (nSPS) is 31.7. The second kappa shape index (κ2) is 4.81. The van der Waals surface area contributed by atoms with E-state index >= 15 is 0 Å². The Labute approximate surface area is 123 Å². The molecule has 4 heteroatoms. The first kappa shape index (κ1) is 12.8. The summed E-state index contributed by atoms with van der Waals surface area (Å²) in [5.41, 5.74) is 1.87. The van der Waals surface area contributed by atoms with Crippen molar-refractivity contribution in [2.24, 2.45) is 11.8 Å². The summed E-state index contributed by atoms with van der Waals surface area (Å²) in [7, 11) is 0. The number of fused-ring (bicyclic) bond motifs is 3. The van der Waals surface area contributed by atoms with E-state index in [2.05, 4.69) is 6.08 Å². The summed E-state index contributed by atoms with van der Waals surface area (Å²) in [5.74, 6) is -0.781. The number of rotatable bonds is 1. The molecule has 2 fully saturated rings. The number of amides is 2. The molecule has 4 nitrogen and oxygen atoms in total. The van der Waals surface area contributed by atoms with Gasteiger partial charge in [-0.05, 0) is 37.0 Å². The molecule has 1 aromatic carbocycles. The second-order valence-electron chi connectivity index (χ2n) is 5.89. The van der Waals surface area contributed by atoms with E-state index in [4.69, 9.17) is 4.74 Å². The van der Waals surface area contributed by atoms with E-state index in [-0.39, 0.29) is 29.8 Å². The average Bonchev–Trinajstić information content (AvgIpc) is 2.80. The maximum Gasteiger partial charge on any atom is 0.240 e. The van der Waals surface area contributed by atoms with Gasteiger partial charge in [0, 0.05) is 6.61 Å². The third kappa shape index (κ3) is 1.86. The number of hydrogen-bond donors (Lipinski definition) is 0. The Morgan fingerprint density at radius 3 is 2.71 bits per heavy atom. The van der Waals surface area contributed by atoms with Gasteiger partial charge in [-0.25, -0.2) is 4.90 Å². The fourth-order valence-electron chi connectivity index (χ4n) is 3.74. The Morgan fingerprint density at radius 1 is 1.10 bits per heavy atom. The van der Waals surface area contributed by atoms with Crippen molar-refractivity contribution in [3.8, 4) is 0 Å². The summed E-state index contributed by atoms with van der Waals surface area (Å²) in [6, 6.07) is 9.19. The molecule has 2 heterocycles. The number of nitrogens with zero attached hydrogens (tertiary/aromatic N) is 1. The number of anilines is 1. The highest BCUT2D eigenvalue weighted by Gasteiger charge is 2.54. The van der Waals surface area contributed by atoms with E-state index < -0.39 is 0 Å². The summed E-state index contributed by atoms with van der Waals surface area (Å²) in [6.07, 6.45) is 4.58. The topological polar surface area (TPSA) is 46.6 Å². The third-order valence-electron chi connectivity index (χ3n) is 4.72. The molecule has 3 aliphatic rings. The molecule has 0 aromatic heterocycles. The molecule has 1 aliphatic carbocycles. The number of imide groups is 1. The smallest absolute Gasteiger partial charge is 0.240 e. The molecule has 2 aliphatic heterocycles. The van der Waals surface area contributed by atoms with Crippen molar-refractivity contribution < 1.29 is 14.3 Å². The van der Waals surface area contributed by atoms with Crippen LogP contribution in [0.5, 0.6) is 0 Å². The molecule has 108 valence electrons. The van der Waals surface area contributed by atoms with Gasteiger partial charge in [0.05, 0.1) is 23.6 Å². The van der Waals surface area contributed by atoms with E-state index in [1.807, 2.05) is 30.3 Å². The van der Waals surface area contributed by atoms with Crippen LogP contribution in [0.4, 0.5) is 5.69 Å². The standard InChI is InChI=1S/C17H17NO3/c19-16-13-9-8-11-5-4-10-21-15(11)14(13)17(20)18(16)12-6-2-1-3-7-12/h1-3,6-8,13-15H,4-5,9-10H2/t13-,14-,15+/m0/s1. The molecule has 0 unspecified atom stereocenters. The molecule has 4 rings (SSSR count). The van der Waals surface area contributed by atoms with Gasteiger partial charge in [-0.3, -0.25) is 9.59 Å². The van der Waals surface area contributed by atoms with Crippen molar-refractivity contribution in [3.63, 3.8) is 0 Å². The van der Waals surface area contributed by atoms with Gasteiger partial charge in [0.25, 0.3) is 0 Å². The number of hydrogen-bond acceptors (Lipinski definition) is 3. The van der Waals surface area contributed by atoms with E-state index in [1.54, 1.807) is 0 Å². The fraction of sp³-hybridized carbons (Fsp3) is 0.412. The zero-order valence-corrected chi connectivity index (χ0v) is 11.7. The number of benzene rings is 1.